The molecule has 0 aromatic heterocycles. The van der Waals surface area contributed by atoms with Gasteiger partial charge in [-0.1, -0.05) is 0 Å². The number of carbonyl (C=O) groups is 1. The Kier molecular flexibility index (Phi) is 4.14. The van der Waals surface area contributed by atoms with Gasteiger partial charge in [0.25, 0.3) is 0 Å². The first-order valence-corrected chi connectivity index (χ1v) is 7.51. The maximum absolute atomic E-state index is 11.1. The Bertz CT molecular complexity index is 247. The minimum Gasteiger partial charge on any atom is -0.480 e. The molecule has 0 aromatic carbocycles. The van der Waals surface area contributed by atoms with Crippen LogP contribution in [0.5, 0.6) is 0 Å². The van der Waals surface area contributed by atoms with Crippen molar-refractivity contribution >= 4 is 17.7 Å². The second-order valence-corrected chi connectivity index (χ2v) is 6.17. The van der Waals surface area contributed by atoms with Crippen LogP contribution in [0.4, 0.5) is 0 Å². The number of hydrogen-bond acceptors (Lipinski definition) is 3. The van der Waals surface area contributed by atoms with Gasteiger partial charge in [-0.3, -0.25) is 4.79 Å². The fourth-order valence-electron chi connectivity index (χ4n) is 2.56. The summed E-state index contributed by atoms with van der Waals surface area (Å²) in [5.74, 6) is -0.259. The number of rotatable bonds is 5. The Morgan fingerprint density at radius 2 is 1.88 bits per heavy atom. The third-order valence-corrected chi connectivity index (χ3v) is 4.92. The Morgan fingerprint density at radius 3 is 2.31 bits per heavy atom. The highest BCUT2D eigenvalue weighted by Gasteiger charge is 2.37. The molecule has 2 N–H and O–H groups in total. The molecule has 0 bridgehead atoms. The molecule has 2 fully saturated rings. The molecule has 92 valence electrons. The van der Waals surface area contributed by atoms with E-state index in [1.54, 1.807) is 0 Å². The van der Waals surface area contributed by atoms with Crippen molar-refractivity contribution in [1.82, 2.24) is 5.32 Å². The van der Waals surface area contributed by atoms with E-state index in [2.05, 4.69) is 11.6 Å². The molecule has 0 aromatic rings. The first-order valence-electron chi connectivity index (χ1n) is 6.22. The summed E-state index contributed by atoms with van der Waals surface area (Å²) < 4.78 is 0. The normalized spacial score (nSPS) is 32.3. The predicted octanol–water partition coefficient (Wildman–Crippen LogP) is 2.11. The van der Waals surface area contributed by atoms with Crippen molar-refractivity contribution in [3.05, 3.63) is 0 Å². The van der Waals surface area contributed by atoms with Gasteiger partial charge in [0, 0.05) is 11.3 Å². The van der Waals surface area contributed by atoms with Crippen LogP contribution in [0.25, 0.3) is 0 Å². The highest BCUT2D eigenvalue weighted by Crippen LogP contribution is 2.34. The maximum atomic E-state index is 11.1. The van der Waals surface area contributed by atoms with Crippen LogP contribution in [-0.2, 0) is 4.79 Å². The minimum absolute atomic E-state index is 0.282. The van der Waals surface area contributed by atoms with Crippen LogP contribution >= 0.6 is 11.8 Å². The number of nitrogens with one attached hydrogen (secondary N) is 1. The molecular weight excluding hydrogens is 222 g/mol. The first kappa shape index (κ1) is 12.2. The summed E-state index contributed by atoms with van der Waals surface area (Å²) in [4.78, 5) is 11.1. The van der Waals surface area contributed by atoms with E-state index in [9.17, 15) is 4.79 Å². The van der Waals surface area contributed by atoms with Crippen LogP contribution in [-0.4, -0.2) is 34.7 Å². The second-order valence-electron chi connectivity index (χ2n) is 5.03. The van der Waals surface area contributed by atoms with Crippen molar-refractivity contribution in [2.24, 2.45) is 5.92 Å². The van der Waals surface area contributed by atoms with E-state index in [1.165, 1.54) is 12.8 Å². The molecular formula is C12H21NO2S. The van der Waals surface area contributed by atoms with E-state index in [-0.39, 0.29) is 6.04 Å². The van der Waals surface area contributed by atoms with Gasteiger partial charge in [0.2, 0.25) is 0 Å². The van der Waals surface area contributed by atoms with E-state index in [1.807, 2.05) is 11.8 Å². The zero-order valence-corrected chi connectivity index (χ0v) is 10.6. The largest absolute Gasteiger partial charge is 0.480 e. The second kappa shape index (κ2) is 5.41. The molecule has 0 radical (unpaired) electrons. The fourth-order valence-corrected chi connectivity index (χ4v) is 3.30. The summed E-state index contributed by atoms with van der Waals surface area (Å²) in [7, 11) is 0. The molecule has 3 nitrogen and oxygen atoms in total. The molecule has 2 aliphatic rings. The van der Waals surface area contributed by atoms with Gasteiger partial charge in [0.1, 0.15) is 6.04 Å². The maximum Gasteiger partial charge on any atom is 0.320 e. The van der Waals surface area contributed by atoms with Crippen LogP contribution in [0.1, 0.15) is 38.5 Å². The average Bonchev–Trinajstić information content (AvgIpc) is 3.10. The van der Waals surface area contributed by atoms with E-state index in [4.69, 9.17) is 5.11 Å². The van der Waals surface area contributed by atoms with E-state index < -0.39 is 5.97 Å². The molecule has 16 heavy (non-hydrogen) atoms. The van der Waals surface area contributed by atoms with Crippen molar-refractivity contribution in [3.8, 4) is 0 Å². The number of carboxylic acid groups (broad SMARTS) is 1. The lowest BCUT2D eigenvalue weighted by Crippen LogP contribution is -2.46. The fraction of sp³-hybridized carbons (Fsp3) is 0.917. The molecule has 2 aliphatic carbocycles. The lowest BCUT2D eigenvalue weighted by molar-refractivity contribution is -0.140. The SMILES string of the molecule is CSC1CCC(NC(C(=O)O)C2CC2)CC1. The quantitative estimate of drug-likeness (QED) is 0.776. The van der Waals surface area contributed by atoms with Crippen molar-refractivity contribution in [2.75, 3.05) is 6.26 Å². The van der Waals surface area contributed by atoms with Crippen LogP contribution in [0, 0.1) is 5.92 Å². The molecule has 2 saturated carbocycles. The Hall–Kier alpha value is -0.220. The smallest absolute Gasteiger partial charge is 0.320 e. The summed E-state index contributed by atoms with van der Waals surface area (Å²) in [5.41, 5.74) is 0. The van der Waals surface area contributed by atoms with Crippen LogP contribution in [0.2, 0.25) is 0 Å². The van der Waals surface area contributed by atoms with E-state index >= 15 is 0 Å². The predicted molar refractivity (Wildman–Crippen MR) is 66.8 cm³/mol. The van der Waals surface area contributed by atoms with Crippen molar-refractivity contribution in [1.29, 1.82) is 0 Å². The summed E-state index contributed by atoms with van der Waals surface area (Å²) in [6, 6.07) is 0.154. The summed E-state index contributed by atoms with van der Waals surface area (Å²) >= 11 is 1.95. The number of hydrogen-bond donors (Lipinski definition) is 2. The zero-order chi connectivity index (χ0) is 11.5. The molecule has 4 heteroatoms. The van der Waals surface area contributed by atoms with Crippen LogP contribution in [0.3, 0.4) is 0 Å². The van der Waals surface area contributed by atoms with Crippen LogP contribution in [0.15, 0.2) is 0 Å². The first-order chi connectivity index (χ1) is 7.70. The summed E-state index contributed by atoms with van der Waals surface area (Å²) in [5, 5.41) is 13.3. The molecule has 0 amide bonds. The molecule has 1 atom stereocenters. The van der Waals surface area contributed by atoms with Gasteiger partial charge >= 0.3 is 5.97 Å². The summed E-state index contributed by atoms with van der Waals surface area (Å²) in [6.45, 7) is 0. The minimum atomic E-state index is -0.658. The third-order valence-electron chi connectivity index (χ3n) is 3.78. The Balaban J connectivity index is 1.78. The van der Waals surface area contributed by atoms with Gasteiger partial charge in [-0.15, -0.1) is 0 Å². The van der Waals surface area contributed by atoms with Crippen LogP contribution < -0.4 is 5.32 Å². The third kappa shape index (κ3) is 3.14. The zero-order valence-electron chi connectivity index (χ0n) is 9.82. The van der Waals surface area contributed by atoms with Crippen molar-refractivity contribution in [2.45, 2.75) is 55.9 Å². The monoisotopic (exact) mass is 243 g/mol. The van der Waals surface area contributed by atoms with Gasteiger partial charge in [-0.05, 0) is 50.7 Å². The van der Waals surface area contributed by atoms with Gasteiger partial charge < -0.3 is 10.4 Å². The van der Waals surface area contributed by atoms with Crippen molar-refractivity contribution < 1.29 is 9.90 Å². The number of thioether (sulfide) groups is 1. The standard InChI is InChI=1S/C12H21NO2S/c1-16-10-6-4-9(5-7-10)13-11(12(14)15)8-2-3-8/h8-11,13H,2-7H2,1H3,(H,14,15). The van der Waals surface area contributed by atoms with Gasteiger partial charge in [0.05, 0.1) is 0 Å². The Morgan fingerprint density at radius 1 is 1.25 bits per heavy atom. The number of carboxylic acids is 1. The molecule has 0 aliphatic heterocycles. The molecule has 0 spiro atoms. The molecule has 0 saturated heterocycles. The van der Waals surface area contributed by atoms with Crippen molar-refractivity contribution in [3.63, 3.8) is 0 Å². The number of aliphatic carboxylic acids is 1. The van der Waals surface area contributed by atoms with Gasteiger partial charge in [-0.2, -0.15) is 11.8 Å². The Labute approximate surface area is 101 Å². The van der Waals surface area contributed by atoms with Gasteiger partial charge in [-0.25, -0.2) is 0 Å². The lowest BCUT2D eigenvalue weighted by atomic mass is 9.94. The highest BCUT2D eigenvalue weighted by molar-refractivity contribution is 7.99. The summed E-state index contributed by atoms with van der Waals surface area (Å²) in [6.07, 6.45) is 9.09. The lowest BCUT2D eigenvalue weighted by Gasteiger charge is -2.30. The topological polar surface area (TPSA) is 49.3 Å². The van der Waals surface area contributed by atoms with Gasteiger partial charge in [0.15, 0.2) is 0 Å². The molecule has 2 rings (SSSR count). The highest BCUT2D eigenvalue weighted by atomic mass is 32.2. The van der Waals surface area contributed by atoms with E-state index in [0.717, 1.165) is 30.9 Å². The average molecular weight is 243 g/mol. The van der Waals surface area contributed by atoms with E-state index in [0.29, 0.717) is 12.0 Å². The molecule has 0 heterocycles. The molecule has 1 unspecified atom stereocenters.